The van der Waals surface area contributed by atoms with Gasteiger partial charge in [-0.1, -0.05) is 0 Å². The molecule has 0 unspecified atom stereocenters. The SMILES string of the molecule is Cc1sc2nc(C)n(CC(=O)NCc3ccco3)c(=O)c2c1C. The second-order valence-corrected chi connectivity index (χ2v) is 6.57. The van der Waals surface area contributed by atoms with Gasteiger partial charge in [-0.3, -0.25) is 14.2 Å². The monoisotopic (exact) mass is 331 g/mol. The van der Waals surface area contributed by atoms with Crippen molar-refractivity contribution in [2.45, 2.75) is 33.9 Å². The summed E-state index contributed by atoms with van der Waals surface area (Å²) < 4.78 is 6.58. The number of carbonyl (C=O) groups is 1. The van der Waals surface area contributed by atoms with Gasteiger partial charge in [0.1, 0.15) is 23.0 Å². The van der Waals surface area contributed by atoms with E-state index in [1.54, 1.807) is 25.3 Å². The molecule has 3 rings (SSSR count). The minimum absolute atomic E-state index is 0.0529. The van der Waals surface area contributed by atoms with E-state index >= 15 is 0 Å². The van der Waals surface area contributed by atoms with Gasteiger partial charge in [0, 0.05) is 4.88 Å². The summed E-state index contributed by atoms with van der Waals surface area (Å²) in [5.41, 5.74) is 0.773. The summed E-state index contributed by atoms with van der Waals surface area (Å²) in [5.74, 6) is 0.953. The standard InChI is InChI=1S/C16H17N3O3S/c1-9-10(2)23-15-14(9)16(21)19(11(3)18-15)8-13(20)17-7-12-5-4-6-22-12/h4-6H,7-8H2,1-3H3,(H,17,20). The highest BCUT2D eigenvalue weighted by atomic mass is 32.1. The van der Waals surface area contributed by atoms with E-state index in [9.17, 15) is 9.59 Å². The number of aryl methyl sites for hydroxylation is 3. The Kier molecular flexibility index (Phi) is 4.04. The number of amides is 1. The number of carbonyl (C=O) groups excluding carboxylic acids is 1. The number of fused-ring (bicyclic) bond motifs is 1. The predicted octanol–water partition coefficient (Wildman–Crippen LogP) is 2.29. The van der Waals surface area contributed by atoms with E-state index in [0.717, 1.165) is 15.3 Å². The van der Waals surface area contributed by atoms with Crippen LogP contribution in [0, 0.1) is 20.8 Å². The van der Waals surface area contributed by atoms with Crippen molar-refractivity contribution in [1.82, 2.24) is 14.9 Å². The number of hydrogen-bond donors (Lipinski definition) is 1. The van der Waals surface area contributed by atoms with Crippen LogP contribution in [0.4, 0.5) is 0 Å². The molecule has 6 nitrogen and oxygen atoms in total. The van der Waals surface area contributed by atoms with Gasteiger partial charge in [0.25, 0.3) is 5.56 Å². The van der Waals surface area contributed by atoms with Gasteiger partial charge in [-0.15, -0.1) is 11.3 Å². The minimum Gasteiger partial charge on any atom is -0.467 e. The number of thiophene rings is 1. The second-order valence-electron chi connectivity index (χ2n) is 5.37. The van der Waals surface area contributed by atoms with Crippen LogP contribution in [0.5, 0.6) is 0 Å². The molecule has 1 amide bonds. The van der Waals surface area contributed by atoms with E-state index in [0.29, 0.717) is 23.5 Å². The lowest BCUT2D eigenvalue weighted by molar-refractivity contribution is -0.122. The third kappa shape index (κ3) is 2.92. The van der Waals surface area contributed by atoms with Gasteiger partial charge < -0.3 is 9.73 Å². The zero-order chi connectivity index (χ0) is 16.6. The van der Waals surface area contributed by atoms with E-state index in [1.165, 1.54) is 15.9 Å². The lowest BCUT2D eigenvalue weighted by Crippen LogP contribution is -2.33. The molecule has 0 aliphatic rings. The molecule has 0 aliphatic carbocycles. The Hall–Kier alpha value is -2.41. The van der Waals surface area contributed by atoms with Crippen LogP contribution in [0.3, 0.4) is 0 Å². The molecule has 0 aromatic carbocycles. The van der Waals surface area contributed by atoms with Gasteiger partial charge in [0.15, 0.2) is 0 Å². The Bertz CT molecular complexity index is 922. The van der Waals surface area contributed by atoms with Crippen molar-refractivity contribution in [2.24, 2.45) is 0 Å². The number of nitrogens with one attached hydrogen (secondary N) is 1. The van der Waals surface area contributed by atoms with Gasteiger partial charge >= 0.3 is 0 Å². The molecular weight excluding hydrogens is 314 g/mol. The van der Waals surface area contributed by atoms with E-state index in [1.807, 2.05) is 13.8 Å². The first kappa shape index (κ1) is 15.5. The lowest BCUT2D eigenvalue weighted by Gasteiger charge is -2.09. The minimum atomic E-state index is -0.252. The Balaban J connectivity index is 1.86. The van der Waals surface area contributed by atoms with Gasteiger partial charge in [-0.2, -0.15) is 0 Å². The average Bonchev–Trinajstić information content (AvgIpc) is 3.10. The highest BCUT2D eigenvalue weighted by Gasteiger charge is 2.16. The van der Waals surface area contributed by atoms with Crippen molar-refractivity contribution in [3.05, 3.63) is 50.8 Å². The van der Waals surface area contributed by atoms with Crippen LogP contribution in [0.25, 0.3) is 10.2 Å². The number of hydrogen-bond acceptors (Lipinski definition) is 5. The molecule has 0 aliphatic heterocycles. The first-order valence-corrected chi connectivity index (χ1v) is 8.05. The van der Waals surface area contributed by atoms with Crippen LogP contribution < -0.4 is 10.9 Å². The molecule has 0 bridgehead atoms. The topological polar surface area (TPSA) is 77.1 Å². The fraction of sp³-hybridized carbons (Fsp3) is 0.312. The molecular formula is C16H17N3O3S. The van der Waals surface area contributed by atoms with Crippen LogP contribution >= 0.6 is 11.3 Å². The van der Waals surface area contributed by atoms with Crippen molar-refractivity contribution in [1.29, 1.82) is 0 Å². The molecule has 0 radical (unpaired) electrons. The molecule has 0 saturated heterocycles. The highest BCUT2D eigenvalue weighted by Crippen LogP contribution is 2.26. The molecule has 1 N–H and O–H groups in total. The summed E-state index contributed by atoms with van der Waals surface area (Å²) in [7, 11) is 0. The third-order valence-corrected chi connectivity index (χ3v) is 4.92. The van der Waals surface area contributed by atoms with Gasteiger partial charge in [-0.25, -0.2) is 4.98 Å². The van der Waals surface area contributed by atoms with Crippen LogP contribution in [0.2, 0.25) is 0 Å². The maximum absolute atomic E-state index is 12.7. The number of rotatable bonds is 4. The highest BCUT2D eigenvalue weighted by molar-refractivity contribution is 7.18. The number of nitrogens with zero attached hydrogens (tertiary/aromatic N) is 2. The fourth-order valence-corrected chi connectivity index (χ4v) is 3.48. The molecule has 0 atom stereocenters. The van der Waals surface area contributed by atoms with Crippen LogP contribution in [-0.2, 0) is 17.9 Å². The Morgan fingerprint density at radius 1 is 1.39 bits per heavy atom. The smallest absolute Gasteiger partial charge is 0.263 e. The van der Waals surface area contributed by atoms with Gasteiger partial charge in [0.2, 0.25) is 5.91 Å². The molecule has 3 heterocycles. The summed E-state index contributed by atoms with van der Waals surface area (Å²) in [6.07, 6.45) is 1.55. The van der Waals surface area contributed by atoms with Gasteiger partial charge in [-0.05, 0) is 38.5 Å². The average molecular weight is 331 g/mol. The Labute approximate surface area is 136 Å². The maximum atomic E-state index is 12.7. The number of furan rings is 1. The van der Waals surface area contributed by atoms with Crippen molar-refractivity contribution in [2.75, 3.05) is 0 Å². The van der Waals surface area contributed by atoms with Crippen molar-refractivity contribution in [3.8, 4) is 0 Å². The van der Waals surface area contributed by atoms with E-state index in [4.69, 9.17) is 4.42 Å². The summed E-state index contributed by atoms with van der Waals surface area (Å²) in [6, 6.07) is 3.54. The Morgan fingerprint density at radius 2 is 2.17 bits per heavy atom. The molecule has 23 heavy (non-hydrogen) atoms. The summed E-state index contributed by atoms with van der Waals surface area (Å²) in [4.78, 5) is 31.1. The van der Waals surface area contributed by atoms with Crippen LogP contribution in [0.1, 0.15) is 22.0 Å². The molecule has 3 aromatic rings. The summed E-state index contributed by atoms with van der Waals surface area (Å²) in [5, 5.41) is 3.35. The Morgan fingerprint density at radius 3 is 2.87 bits per heavy atom. The summed E-state index contributed by atoms with van der Waals surface area (Å²) in [6.45, 7) is 5.87. The molecule has 120 valence electrons. The molecule has 0 fully saturated rings. The molecule has 0 spiro atoms. The molecule has 7 heteroatoms. The predicted molar refractivity (Wildman–Crippen MR) is 88.6 cm³/mol. The van der Waals surface area contributed by atoms with Crippen molar-refractivity contribution in [3.63, 3.8) is 0 Å². The summed E-state index contributed by atoms with van der Waals surface area (Å²) >= 11 is 1.51. The number of aromatic nitrogens is 2. The molecule has 3 aromatic heterocycles. The van der Waals surface area contributed by atoms with E-state index in [-0.39, 0.29) is 18.0 Å². The zero-order valence-corrected chi connectivity index (χ0v) is 14.0. The zero-order valence-electron chi connectivity index (χ0n) is 13.2. The van der Waals surface area contributed by atoms with Crippen molar-refractivity contribution >= 4 is 27.5 Å². The van der Waals surface area contributed by atoms with Crippen molar-refractivity contribution < 1.29 is 9.21 Å². The lowest BCUT2D eigenvalue weighted by atomic mass is 10.2. The second kappa shape index (κ2) is 6.00. The fourth-order valence-electron chi connectivity index (χ4n) is 2.41. The van der Waals surface area contributed by atoms with Gasteiger partial charge in [0.05, 0.1) is 18.2 Å². The molecule has 0 saturated carbocycles. The quantitative estimate of drug-likeness (QED) is 0.796. The van der Waals surface area contributed by atoms with Crippen LogP contribution in [-0.4, -0.2) is 15.5 Å². The normalized spacial score (nSPS) is 11.1. The first-order valence-electron chi connectivity index (χ1n) is 7.23. The van der Waals surface area contributed by atoms with E-state index < -0.39 is 0 Å². The maximum Gasteiger partial charge on any atom is 0.263 e. The largest absolute Gasteiger partial charge is 0.467 e. The first-order chi connectivity index (χ1) is 11.0. The van der Waals surface area contributed by atoms with E-state index in [2.05, 4.69) is 10.3 Å². The van der Waals surface area contributed by atoms with Crippen LogP contribution in [0.15, 0.2) is 27.6 Å². The third-order valence-electron chi connectivity index (χ3n) is 3.82.